The second kappa shape index (κ2) is 11.6. The standard InChI is InChI=1S/C17H25NO4/c1-3-17(19)18-11-6-7-12-21-13-8-14-22-16-10-5-4-9-15(16)20-2/h3-5,9-10H,1,6-8,11-14H2,2H3,(H,18,19). The monoisotopic (exact) mass is 307 g/mol. The fraction of sp³-hybridized carbons (Fsp3) is 0.471. The maximum absolute atomic E-state index is 10.9. The fourth-order valence-electron chi connectivity index (χ4n) is 1.80. The second-order valence-corrected chi connectivity index (χ2v) is 4.67. The molecule has 122 valence electrons. The smallest absolute Gasteiger partial charge is 0.243 e. The number of unbranched alkanes of at least 4 members (excludes halogenated alkanes) is 1. The van der Waals surface area contributed by atoms with Gasteiger partial charge >= 0.3 is 0 Å². The predicted molar refractivity (Wildman–Crippen MR) is 86.4 cm³/mol. The molecule has 0 atom stereocenters. The zero-order valence-corrected chi connectivity index (χ0v) is 13.2. The molecular weight excluding hydrogens is 282 g/mol. The van der Waals surface area contributed by atoms with Crippen molar-refractivity contribution in [3.63, 3.8) is 0 Å². The summed E-state index contributed by atoms with van der Waals surface area (Å²) in [7, 11) is 1.63. The van der Waals surface area contributed by atoms with E-state index in [9.17, 15) is 4.79 Å². The number of methoxy groups -OCH3 is 1. The van der Waals surface area contributed by atoms with Gasteiger partial charge < -0.3 is 19.5 Å². The Kier molecular flexibility index (Phi) is 9.54. The van der Waals surface area contributed by atoms with E-state index in [1.165, 1.54) is 6.08 Å². The van der Waals surface area contributed by atoms with Crippen LogP contribution in [0.1, 0.15) is 19.3 Å². The molecule has 0 spiro atoms. The van der Waals surface area contributed by atoms with E-state index in [0.29, 0.717) is 26.4 Å². The minimum absolute atomic E-state index is 0.130. The first-order valence-electron chi connectivity index (χ1n) is 7.51. The summed E-state index contributed by atoms with van der Waals surface area (Å²) < 4.78 is 16.4. The Morgan fingerprint density at radius 3 is 2.59 bits per heavy atom. The molecule has 5 heteroatoms. The minimum atomic E-state index is -0.130. The van der Waals surface area contributed by atoms with Crippen molar-refractivity contribution in [3.8, 4) is 11.5 Å². The van der Waals surface area contributed by atoms with Crippen molar-refractivity contribution in [2.45, 2.75) is 19.3 Å². The van der Waals surface area contributed by atoms with Crippen LogP contribution < -0.4 is 14.8 Å². The molecule has 0 radical (unpaired) electrons. The van der Waals surface area contributed by atoms with Crippen LogP contribution in [-0.4, -0.2) is 39.4 Å². The molecule has 0 unspecified atom stereocenters. The average molecular weight is 307 g/mol. The largest absolute Gasteiger partial charge is 0.493 e. The van der Waals surface area contributed by atoms with E-state index in [0.717, 1.165) is 30.8 Å². The molecule has 22 heavy (non-hydrogen) atoms. The van der Waals surface area contributed by atoms with Crippen molar-refractivity contribution >= 4 is 5.91 Å². The molecule has 0 bridgehead atoms. The number of carbonyl (C=O) groups excluding carboxylic acids is 1. The quantitative estimate of drug-likeness (QED) is 0.476. The van der Waals surface area contributed by atoms with Crippen molar-refractivity contribution in [1.82, 2.24) is 5.32 Å². The first-order valence-corrected chi connectivity index (χ1v) is 7.51. The van der Waals surface area contributed by atoms with E-state index in [-0.39, 0.29) is 5.91 Å². The Morgan fingerprint density at radius 1 is 1.14 bits per heavy atom. The molecule has 1 aromatic carbocycles. The van der Waals surface area contributed by atoms with Crippen LogP contribution in [0.25, 0.3) is 0 Å². The Labute approximate surface area is 132 Å². The predicted octanol–water partition coefficient (Wildman–Crippen LogP) is 2.56. The van der Waals surface area contributed by atoms with Gasteiger partial charge in [-0.25, -0.2) is 0 Å². The maximum atomic E-state index is 10.9. The average Bonchev–Trinajstić information content (AvgIpc) is 2.56. The highest BCUT2D eigenvalue weighted by Crippen LogP contribution is 2.25. The van der Waals surface area contributed by atoms with Crippen LogP contribution in [0.4, 0.5) is 0 Å². The molecule has 5 nitrogen and oxygen atoms in total. The highest BCUT2D eigenvalue weighted by Gasteiger charge is 2.01. The van der Waals surface area contributed by atoms with Gasteiger partial charge in [0.1, 0.15) is 0 Å². The lowest BCUT2D eigenvalue weighted by Crippen LogP contribution is -2.22. The molecule has 0 aliphatic heterocycles. The molecule has 0 fully saturated rings. The topological polar surface area (TPSA) is 56.8 Å². The van der Waals surface area contributed by atoms with Gasteiger partial charge in [0.05, 0.1) is 13.7 Å². The third-order valence-electron chi connectivity index (χ3n) is 2.96. The highest BCUT2D eigenvalue weighted by molar-refractivity contribution is 5.86. The van der Waals surface area contributed by atoms with Gasteiger partial charge in [0, 0.05) is 26.2 Å². The van der Waals surface area contributed by atoms with E-state index in [1.807, 2.05) is 24.3 Å². The van der Waals surface area contributed by atoms with Crippen LogP contribution in [0.2, 0.25) is 0 Å². The summed E-state index contributed by atoms with van der Waals surface area (Å²) in [6, 6.07) is 7.58. The molecule has 1 N–H and O–H groups in total. The summed E-state index contributed by atoms with van der Waals surface area (Å²) in [5, 5.41) is 2.73. The van der Waals surface area contributed by atoms with E-state index < -0.39 is 0 Å². The van der Waals surface area contributed by atoms with Crippen LogP contribution in [0.3, 0.4) is 0 Å². The molecule has 1 aromatic rings. The first kappa shape index (κ1) is 18.0. The summed E-state index contributed by atoms with van der Waals surface area (Å²) in [6.07, 6.45) is 3.92. The molecule has 1 rings (SSSR count). The van der Waals surface area contributed by atoms with E-state index >= 15 is 0 Å². The highest BCUT2D eigenvalue weighted by atomic mass is 16.5. The van der Waals surface area contributed by atoms with Crippen LogP contribution in [0.5, 0.6) is 11.5 Å². The maximum Gasteiger partial charge on any atom is 0.243 e. The van der Waals surface area contributed by atoms with Crippen molar-refractivity contribution < 1.29 is 19.0 Å². The number of carbonyl (C=O) groups is 1. The van der Waals surface area contributed by atoms with Crippen molar-refractivity contribution in [1.29, 1.82) is 0 Å². The third-order valence-corrected chi connectivity index (χ3v) is 2.96. The number of amides is 1. The summed E-state index contributed by atoms with van der Waals surface area (Å²) in [5.41, 5.74) is 0. The number of para-hydroxylation sites is 2. The molecular formula is C17H25NO4. The number of hydrogen-bond acceptors (Lipinski definition) is 4. The van der Waals surface area contributed by atoms with Crippen molar-refractivity contribution in [2.75, 3.05) is 33.5 Å². The molecule has 0 aliphatic rings. The lowest BCUT2D eigenvalue weighted by atomic mass is 10.3. The number of rotatable bonds is 12. The summed E-state index contributed by atoms with van der Waals surface area (Å²) in [6.45, 7) is 6.00. The minimum Gasteiger partial charge on any atom is -0.493 e. The number of benzene rings is 1. The van der Waals surface area contributed by atoms with Crippen LogP contribution in [-0.2, 0) is 9.53 Å². The van der Waals surface area contributed by atoms with Crippen LogP contribution >= 0.6 is 0 Å². The summed E-state index contributed by atoms with van der Waals surface area (Å²) >= 11 is 0. The number of ether oxygens (including phenoxy) is 3. The molecule has 0 saturated heterocycles. The lowest BCUT2D eigenvalue weighted by molar-refractivity contribution is -0.116. The van der Waals surface area contributed by atoms with Gasteiger partial charge in [-0.15, -0.1) is 0 Å². The van der Waals surface area contributed by atoms with Gasteiger partial charge in [-0.1, -0.05) is 18.7 Å². The summed E-state index contributed by atoms with van der Waals surface area (Å²) in [5.74, 6) is 1.36. The number of hydrogen-bond donors (Lipinski definition) is 1. The lowest BCUT2D eigenvalue weighted by Gasteiger charge is -2.10. The zero-order chi connectivity index (χ0) is 16.0. The van der Waals surface area contributed by atoms with Gasteiger partial charge in [0.15, 0.2) is 11.5 Å². The molecule has 0 aliphatic carbocycles. The zero-order valence-electron chi connectivity index (χ0n) is 13.2. The van der Waals surface area contributed by atoms with Gasteiger partial charge in [-0.3, -0.25) is 4.79 Å². The normalized spacial score (nSPS) is 10.0. The number of nitrogens with one attached hydrogen (secondary N) is 1. The van der Waals surface area contributed by atoms with Crippen molar-refractivity contribution in [2.24, 2.45) is 0 Å². The first-order chi connectivity index (χ1) is 10.8. The summed E-state index contributed by atoms with van der Waals surface area (Å²) in [4.78, 5) is 10.9. The molecule has 0 heterocycles. The van der Waals surface area contributed by atoms with E-state index in [2.05, 4.69) is 11.9 Å². The fourth-order valence-corrected chi connectivity index (χ4v) is 1.80. The van der Waals surface area contributed by atoms with Gasteiger partial charge in [0.25, 0.3) is 0 Å². The van der Waals surface area contributed by atoms with Gasteiger partial charge in [0.2, 0.25) is 5.91 Å². The Morgan fingerprint density at radius 2 is 1.86 bits per heavy atom. The van der Waals surface area contributed by atoms with Crippen LogP contribution in [0, 0.1) is 0 Å². The third kappa shape index (κ3) is 7.69. The molecule has 0 aromatic heterocycles. The van der Waals surface area contributed by atoms with Gasteiger partial charge in [-0.05, 0) is 31.1 Å². The second-order valence-electron chi connectivity index (χ2n) is 4.67. The Bertz CT molecular complexity index is 448. The van der Waals surface area contributed by atoms with Crippen molar-refractivity contribution in [3.05, 3.63) is 36.9 Å². The van der Waals surface area contributed by atoms with Crippen LogP contribution in [0.15, 0.2) is 36.9 Å². The van der Waals surface area contributed by atoms with Gasteiger partial charge in [-0.2, -0.15) is 0 Å². The van der Waals surface area contributed by atoms with E-state index in [1.54, 1.807) is 7.11 Å². The SMILES string of the molecule is C=CC(=O)NCCCCOCCCOc1ccccc1OC. The molecule has 1 amide bonds. The Hall–Kier alpha value is -2.01. The Balaban J connectivity index is 1.95. The molecule has 0 saturated carbocycles. The van der Waals surface area contributed by atoms with E-state index in [4.69, 9.17) is 14.2 Å².